The summed E-state index contributed by atoms with van der Waals surface area (Å²) < 4.78 is 39.2. The van der Waals surface area contributed by atoms with Crippen LogP contribution in [0.1, 0.15) is 5.56 Å². The van der Waals surface area contributed by atoms with Crippen LogP contribution < -0.4 is 5.32 Å². The molecule has 130 valence electrons. The first-order chi connectivity index (χ1) is 11.9. The third kappa shape index (κ3) is 4.45. The zero-order valence-electron chi connectivity index (χ0n) is 12.4. The van der Waals surface area contributed by atoms with Gasteiger partial charge >= 0.3 is 0 Å². The number of carbonyl (C=O) groups is 1. The quantitative estimate of drug-likeness (QED) is 0.566. The Morgan fingerprint density at radius 3 is 2.84 bits per heavy atom. The number of fused-ring (bicyclic) bond motifs is 1. The fourth-order valence-electron chi connectivity index (χ4n) is 2.16. The number of thioether (sulfide) groups is 1. The monoisotopic (exact) mass is 402 g/mol. The number of rotatable bonds is 5. The van der Waals surface area contributed by atoms with Gasteiger partial charge < -0.3 is 5.32 Å². The van der Waals surface area contributed by atoms with Gasteiger partial charge in [-0.05, 0) is 30.3 Å². The van der Waals surface area contributed by atoms with E-state index in [0.717, 1.165) is 11.3 Å². The Bertz CT molecular complexity index is 913. The summed E-state index contributed by atoms with van der Waals surface area (Å²) >= 11 is 7.50. The maximum Gasteiger partial charge on any atom is 0.288 e. The van der Waals surface area contributed by atoms with Gasteiger partial charge in [-0.3, -0.25) is 4.79 Å². The van der Waals surface area contributed by atoms with Crippen LogP contribution in [0.25, 0.3) is 10.2 Å². The van der Waals surface area contributed by atoms with Crippen molar-refractivity contribution in [3.05, 3.63) is 52.8 Å². The van der Waals surface area contributed by atoms with Gasteiger partial charge in [0.15, 0.2) is 5.13 Å². The highest BCUT2D eigenvalue weighted by Gasteiger charge is 2.14. The van der Waals surface area contributed by atoms with Crippen molar-refractivity contribution < 1.29 is 18.0 Å². The summed E-state index contributed by atoms with van der Waals surface area (Å²) in [5.74, 6) is -3.52. The van der Waals surface area contributed by atoms with Crippen molar-refractivity contribution in [2.45, 2.75) is 17.1 Å². The predicted molar refractivity (Wildman–Crippen MR) is 95.2 cm³/mol. The SMILES string of the molecule is O=C(Cc1c(F)cccc1Cl)Nc1nc2ccc(SC(F)F)cc2s1. The fraction of sp³-hybridized carbons (Fsp3) is 0.125. The first-order valence-electron chi connectivity index (χ1n) is 7.00. The second-order valence-electron chi connectivity index (χ2n) is 4.95. The van der Waals surface area contributed by atoms with Crippen molar-refractivity contribution in [2.75, 3.05) is 5.32 Å². The minimum atomic E-state index is -2.50. The molecule has 3 nitrogen and oxygen atoms in total. The molecule has 9 heteroatoms. The second-order valence-corrected chi connectivity index (χ2v) is 7.45. The zero-order chi connectivity index (χ0) is 18.0. The second kappa shape index (κ2) is 7.63. The summed E-state index contributed by atoms with van der Waals surface area (Å²) in [5, 5.41) is 3.07. The van der Waals surface area contributed by atoms with Gasteiger partial charge in [-0.2, -0.15) is 8.78 Å². The molecule has 3 rings (SSSR count). The van der Waals surface area contributed by atoms with E-state index in [1.165, 1.54) is 18.2 Å². The highest BCUT2D eigenvalue weighted by Crippen LogP contribution is 2.32. The number of nitrogens with one attached hydrogen (secondary N) is 1. The van der Waals surface area contributed by atoms with E-state index in [-0.39, 0.29) is 17.0 Å². The van der Waals surface area contributed by atoms with Gasteiger partial charge in [0.25, 0.3) is 5.76 Å². The number of benzene rings is 2. The van der Waals surface area contributed by atoms with Gasteiger partial charge in [-0.25, -0.2) is 9.37 Å². The van der Waals surface area contributed by atoms with Crippen LogP contribution in [-0.4, -0.2) is 16.6 Å². The van der Waals surface area contributed by atoms with Crippen LogP contribution in [0.5, 0.6) is 0 Å². The highest BCUT2D eigenvalue weighted by atomic mass is 35.5. The van der Waals surface area contributed by atoms with E-state index in [0.29, 0.717) is 32.0 Å². The third-order valence-corrected chi connectivity index (χ3v) is 5.22. The van der Waals surface area contributed by atoms with Crippen molar-refractivity contribution in [1.29, 1.82) is 0 Å². The fourth-order valence-corrected chi connectivity index (χ4v) is 3.92. The number of hydrogen-bond acceptors (Lipinski definition) is 4. The average Bonchev–Trinajstić information content (AvgIpc) is 2.92. The summed E-state index contributed by atoms with van der Waals surface area (Å²) in [6, 6.07) is 8.94. The summed E-state index contributed by atoms with van der Waals surface area (Å²) in [5.41, 5.74) is 0.696. The Hall–Kier alpha value is -1.77. The summed E-state index contributed by atoms with van der Waals surface area (Å²) in [6.07, 6.45) is -0.228. The van der Waals surface area contributed by atoms with Crippen LogP contribution in [0.2, 0.25) is 5.02 Å². The minimum absolute atomic E-state index is 0.110. The molecule has 25 heavy (non-hydrogen) atoms. The average molecular weight is 403 g/mol. The number of anilines is 1. The van der Waals surface area contributed by atoms with E-state index in [2.05, 4.69) is 10.3 Å². The first kappa shape index (κ1) is 18.0. The topological polar surface area (TPSA) is 42.0 Å². The molecule has 1 amide bonds. The van der Waals surface area contributed by atoms with Gasteiger partial charge in [-0.1, -0.05) is 40.8 Å². The highest BCUT2D eigenvalue weighted by molar-refractivity contribution is 7.99. The predicted octanol–water partition coefficient (Wildman–Crippen LogP) is 5.58. The molecule has 3 aromatic rings. The van der Waals surface area contributed by atoms with Gasteiger partial charge in [0.2, 0.25) is 5.91 Å². The maximum atomic E-state index is 13.7. The van der Waals surface area contributed by atoms with Crippen LogP contribution in [0.15, 0.2) is 41.3 Å². The van der Waals surface area contributed by atoms with Crippen LogP contribution in [-0.2, 0) is 11.2 Å². The maximum absolute atomic E-state index is 13.7. The minimum Gasteiger partial charge on any atom is -0.302 e. The van der Waals surface area contributed by atoms with E-state index < -0.39 is 17.5 Å². The molecule has 0 fully saturated rings. The molecular formula is C16H10ClF3N2OS2. The first-order valence-corrected chi connectivity index (χ1v) is 9.08. The molecule has 2 aromatic carbocycles. The van der Waals surface area contributed by atoms with Crippen LogP contribution in [0.4, 0.5) is 18.3 Å². The number of aromatic nitrogens is 1. The smallest absolute Gasteiger partial charge is 0.288 e. The Kier molecular flexibility index (Phi) is 5.51. The molecule has 1 heterocycles. The molecule has 0 aliphatic rings. The molecule has 0 aliphatic heterocycles. The van der Waals surface area contributed by atoms with Crippen molar-refractivity contribution in [3.63, 3.8) is 0 Å². The Labute approximate surface area is 154 Å². The van der Waals surface area contributed by atoms with Gasteiger partial charge in [-0.15, -0.1) is 0 Å². The molecule has 0 atom stereocenters. The normalized spacial score (nSPS) is 11.2. The number of alkyl halides is 2. The molecule has 1 N–H and O–H groups in total. The lowest BCUT2D eigenvalue weighted by molar-refractivity contribution is -0.115. The Morgan fingerprint density at radius 1 is 1.32 bits per heavy atom. The standard InChI is InChI=1S/C16H10ClF3N2OS2/c17-10-2-1-3-11(18)9(10)7-14(23)22-16-21-12-5-4-8(24-15(19)20)6-13(12)25-16/h1-6,15H,7H2,(H,21,22,23). The van der Waals surface area contributed by atoms with Crippen molar-refractivity contribution >= 4 is 56.0 Å². The molecule has 0 aliphatic carbocycles. The van der Waals surface area contributed by atoms with Crippen LogP contribution in [0, 0.1) is 5.82 Å². The molecule has 0 bridgehead atoms. The van der Waals surface area contributed by atoms with Gasteiger partial charge in [0.05, 0.1) is 16.6 Å². The molecule has 0 unspecified atom stereocenters. The molecule has 0 spiro atoms. The summed E-state index contributed by atoms with van der Waals surface area (Å²) in [4.78, 5) is 16.7. The van der Waals surface area contributed by atoms with Crippen LogP contribution >= 0.6 is 34.7 Å². The molecule has 1 aromatic heterocycles. The van der Waals surface area contributed by atoms with E-state index in [1.807, 2.05) is 0 Å². The summed E-state index contributed by atoms with van der Waals surface area (Å²) in [7, 11) is 0. The summed E-state index contributed by atoms with van der Waals surface area (Å²) in [6.45, 7) is 0. The van der Waals surface area contributed by atoms with Gasteiger partial charge in [0.1, 0.15) is 5.82 Å². The molecular weight excluding hydrogens is 393 g/mol. The molecule has 0 saturated carbocycles. The van der Waals surface area contributed by atoms with E-state index >= 15 is 0 Å². The van der Waals surface area contributed by atoms with Crippen LogP contribution in [0.3, 0.4) is 0 Å². The number of halogens is 4. The number of nitrogens with zero attached hydrogens (tertiary/aromatic N) is 1. The largest absolute Gasteiger partial charge is 0.302 e. The Morgan fingerprint density at radius 2 is 2.12 bits per heavy atom. The number of hydrogen-bond donors (Lipinski definition) is 1. The third-order valence-electron chi connectivity index (χ3n) is 3.23. The van der Waals surface area contributed by atoms with E-state index in [9.17, 15) is 18.0 Å². The number of amides is 1. The van der Waals surface area contributed by atoms with Crippen molar-refractivity contribution in [2.24, 2.45) is 0 Å². The molecule has 0 saturated heterocycles. The molecule has 0 radical (unpaired) electrons. The number of thiazole rings is 1. The van der Waals surface area contributed by atoms with E-state index in [4.69, 9.17) is 11.6 Å². The van der Waals surface area contributed by atoms with E-state index in [1.54, 1.807) is 18.2 Å². The lowest BCUT2D eigenvalue weighted by Gasteiger charge is -2.05. The lowest BCUT2D eigenvalue weighted by Crippen LogP contribution is -2.15. The van der Waals surface area contributed by atoms with Crippen molar-refractivity contribution in [3.8, 4) is 0 Å². The van der Waals surface area contributed by atoms with Gasteiger partial charge in [0, 0.05) is 15.5 Å². The Balaban J connectivity index is 1.75. The zero-order valence-corrected chi connectivity index (χ0v) is 14.8. The lowest BCUT2D eigenvalue weighted by atomic mass is 10.1. The van der Waals surface area contributed by atoms with Crippen molar-refractivity contribution in [1.82, 2.24) is 4.98 Å². The number of carbonyl (C=O) groups excluding carboxylic acids is 1.